The maximum atomic E-state index is 10.8. The first-order valence-corrected chi connectivity index (χ1v) is 4.64. The molecule has 2 N–H and O–H groups in total. The van der Waals surface area contributed by atoms with Crippen molar-refractivity contribution in [3.8, 4) is 5.75 Å². The molecule has 0 unspecified atom stereocenters. The zero-order valence-corrected chi connectivity index (χ0v) is 9.20. The zero-order valence-electron chi connectivity index (χ0n) is 7.69. The quantitative estimate of drug-likeness (QED) is 0.784. The van der Waals surface area contributed by atoms with E-state index < -0.39 is 0 Å². The van der Waals surface area contributed by atoms with E-state index in [0.29, 0.717) is 16.3 Å². The highest BCUT2D eigenvalue weighted by atomic mass is 35.5. The second-order valence-electron chi connectivity index (χ2n) is 2.88. The average Bonchev–Trinajstić information content (AvgIpc) is 2.10. The van der Waals surface area contributed by atoms with E-state index in [1.807, 2.05) is 0 Å². The standard InChI is InChI=1S/C9H9Cl2NO2/c1-4-8(10)6(12-5(2)13)3-7(14)9(4)11/h3,14H,1-2H3,(H,12,13). The highest BCUT2D eigenvalue weighted by Gasteiger charge is 2.12. The molecule has 1 rings (SSSR count). The Morgan fingerprint density at radius 1 is 1.43 bits per heavy atom. The predicted octanol–water partition coefficient (Wildman–Crippen LogP) is 2.97. The molecule has 0 atom stereocenters. The lowest BCUT2D eigenvalue weighted by atomic mass is 10.2. The molecule has 5 heteroatoms. The number of hydrogen-bond acceptors (Lipinski definition) is 2. The van der Waals surface area contributed by atoms with Gasteiger partial charge in [0.2, 0.25) is 5.91 Å². The summed E-state index contributed by atoms with van der Waals surface area (Å²) in [5.41, 5.74) is 0.899. The first-order valence-electron chi connectivity index (χ1n) is 3.88. The molecule has 14 heavy (non-hydrogen) atoms. The van der Waals surface area contributed by atoms with Gasteiger partial charge < -0.3 is 10.4 Å². The molecule has 1 aromatic carbocycles. The van der Waals surface area contributed by atoms with Crippen molar-refractivity contribution in [3.05, 3.63) is 21.7 Å². The maximum absolute atomic E-state index is 10.8. The van der Waals surface area contributed by atoms with Gasteiger partial charge in [0, 0.05) is 13.0 Å². The van der Waals surface area contributed by atoms with E-state index in [1.165, 1.54) is 13.0 Å². The minimum absolute atomic E-state index is 0.0997. The minimum Gasteiger partial charge on any atom is -0.506 e. The van der Waals surface area contributed by atoms with E-state index in [4.69, 9.17) is 23.2 Å². The number of nitrogens with one attached hydrogen (secondary N) is 1. The van der Waals surface area contributed by atoms with Gasteiger partial charge in [-0.15, -0.1) is 0 Å². The number of benzene rings is 1. The molecular weight excluding hydrogens is 225 g/mol. The second kappa shape index (κ2) is 4.07. The van der Waals surface area contributed by atoms with Crippen LogP contribution in [0.25, 0.3) is 0 Å². The van der Waals surface area contributed by atoms with Gasteiger partial charge in [0.15, 0.2) is 0 Å². The van der Waals surface area contributed by atoms with Crippen LogP contribution in [-0.2, 0) is 4.79 Å². The van der Waals surface area contributed by atoms with Crippen molar-refractivity contribution in [3.63, 3.8) is 0 Å². The van der Waals surface area contributed by atoms with Gasteiger partial charge >= 0.3 is 0 Å². The highest BCUT2D eigenvalue weighted by molar-refractivity contribution is 6.38. The molecule has 0 spiro atoms. The fourth-order valence-electron chi connectivity index (χ4n) is 1.03. The molecule has 0 bridgehead atoms. The van der Waals surface area contributed by atoms with Crippen molar-refractivity contribution in [1.29, 1.82) is 0 Å². The number of phenolic OH excluding ortho intramolecular Hbond substituents is 1. The number of phenols is 1. The summed E-state index contributed by atoms with van der Waals surface area (Å²) in [6.45, 7) is 3.02. The van der Waals surface area contributed by atoms with Gasteiger partial charge in [0.1, 0.15) is 5.75 Å². The van der Waals surface area contributed by atoms with Crippen molar-refractivity contribution in [1.82, 2.24) is 0 Å². The van der Waals surface area contributed by atoms with Crippen molar-refractivity contribution in [2.45, 2.75) is 13.8 Å². The van der Waals surface area contributed by atoms with Crippen LogP contribution in [0.15, 0.2) is 6.07 Å². The van der Waals surface area contributed by atoms with Crippen molar-refractivity contribution in [2.24, 2.45) is 0 Å². The van der Waals surface area contributed by atoms with E-state index in [9.17, 15) is 9.90 Å². The Kier molecular flexibility index (Phi) is 3.24. The third kappa shape index (κ3) is 2.11. The lowest BCUT2D eigenvalue weighted by Gasteiger charge is -2.10. The van der Waals surface area contributed by atoms with E-state index in [2.05, 4.69) is 5.32 Å². The Hall–Kier alpha value is -0.930. The minimum atomic E-state index is -0.256. The van der Waals surface area contributed by atoms with E-state index >= 15 is 0 Å². The summed E-state index contributed by atoms with van der Waals surface area (Å²) < 4.78 is 0. The van der Waals surface area contributed by atoms with Crippen LogP contribution >= 0.6 is 23.2 Å². The van der Waals surface area contributed by atoms with Crippen molar-refractivity contribution in [2.75, 3.05) is 5.32 Å². The molecule has 0 saturated carbocycles. The highest BCUT2D eigenvalue weighted by Crippen LogP contribution is 2.37. The predicted molar refractivity (Wildman–Crippen MR) is 57.2 cm³/mol. The molecule has 0 aliphatic carbocycles. The number of carbonyl (C=O) groups is 1. The summed E-state index contributed by atoms with van der Waals surface area (Å²) >= 11 is 11.6. The molecule has 0 aliphatic heterocycles. The van der Waals surface area contributed by atoms with Crippen LogP contribution < -0.4 is 5.32 Å². The number of amides is 1. The Balaban J connectivity index is 3.25. The monoisotopic (exact) mass is 233 g/mol. The number of rotatable bonds is 1. The summed E-state index contributed by atoms with van der Waals surface area (Å²) in [7, 11) is 0. The topological polar surface area (TPSA) is 49.3 Å². The molecule has 0 aromatic heterocycles. The first kappa shape index (κ1) is 11.1. The normalized spacial score (nSPS) is 10.0. The molecule has 0 radical (unpaired) electrons. The van der Waals surface area contributed by atoms with Gasteiger partial charge in [0.25, 0.3) is 0 Å². The molecule has 0 fully saturated rings. The molecule has 0 saturated heterocycles. The van der Waals surface area contributed by atoms with E-state index in [1.54, 1.807) is 6.92 Å². The third-order valence-corrected chi connectivity index (χ3v) is 2.68. The number of anilines is 1. The van der Waals surface area contributed by atoms with Gasteiger partial charge in [-0.25, -0.2) is 0 Å². The van der Waals surface area contributed by atoms with Crippen LogP contribution in [0.1, 0.15) is 12.5 Å². The smallest absolute Gasteiger partial charge is 0.221 e. The molecule has 0 heterocycles. The number of halogens is 2. The Morgan fingerprint density at radius 3 is 2.50 bits per heavy atom. The fourth-order valence-corrected chi connectivity index (χ4v) is 1.43. The Bertz CT molecular complexity index is 391. The molecule has 1 aromatic rings. The van der Waals surface area contributed by atoms with Crippen LogP contribution in [0, 0.1) is 6.92 Å². The molecular formula is C9H9Cl2NO2. The first-order chi connectivity index (χ1) is 6.43. The summed E-state index contributed by atoms with van der Waals surface area (Å²) in [4.78, 5) is 10.8. The summed E-state index contributed by atoms with van der Waals surface area (Å²) in [5.74, 6) is -0.356. The summed E-state index contributed by atoms with van der Waals surface area (Å²) in [6, 6.07) is 1.32. The Labute approximate surface area is 91.6 Å². The van der Waals surface area contributed by atoms with Gasteiger partial charge in [-0.2, -0.15) is 0 Å². The van der Waals surface area contributed by atoms with Crippen LogP contribution in [0.2, 0.25) is 10.0 Å². The lowest BCUT2D eigenvalue weighted by molar-refractivity contribution is -0.114. The fraction of sp³-hybridized carbons (Fsp3) is 0.222. The van der Waals surface area contributed by atoms with E-state index in [-0.39, 0.29) is 16.7 Å². The van der Waals surface area contributed by atoms with Gasteiger partial charge in [-0.3, -0.25) is 4.79 Å². The van der Waals surface area contributed by atoms with Crippen LogP contribution in [0.4, 0.5) is 5.69 Å². The molecule has 76 valence electrons. The van der Waals surface area contributed by atoms with Crippen molar-refractivity contribution < 1.29 is 9.90 Å². The second-order valence-corrected chi connectivity index (χ2v) is 3.63. The molecule has 1 amide bonds. The molecule has 0 aliphatic rings. The number of aromatic hydroxyl groups is 1. The Morgan fingerprint density at radius 2 is 2.00 bits per heavy atom. The van der Waals surface area contributed by atoms with Gasteiger partial charge in [0.05, 0.1) is 15.7 Å². The largest absolute Gasteiger partial charge is 0.506 e. The van der Waals surface area contributed by atoms with Gasteiger partial charge in [-0.05, 0) is 12.5 Å². The average molecular weight is 234 g/mol. The summed E-state index contributed by atoms with van der Waals surface area (Å²) in [5, 5.41) is 12.4. The van der Waals surface area contributed by atoms with E-state index in [0.717, 1.165) is 0 Å². The third-order valence-electron chi connectivity index (χ3n) is 1.71. The van der Waals surface area contributed by atoms with Crippen LogP contribution in [0.3, 0.4) is 0 Å². The number of carbonyl (C=O) groups excluding carboxylic acids is 1. The molecule has 3 nitrogen and oxygen atoms in total. The lowest BCUT2D eigenvalue weighted by Crippen LogP contribution is -2.06. The maximum Gasteiger partial charge on any atom is 0.221 e. The van der Waals surface area contributed by atoms with Crippen LogP contribution in [0.5, 0.6) is 5.75 Å². The SMILES string of the molecule is CC(=O)Nc1cc(O)c(Cl)c(C)c1Cl. The van der Waals surface area contributed by atoms with Crippen molar-refractivity contribution >= 4 is 34.8 Å². The number of hydrogen-bond donors (Lipinski definition) is 2. The summed E-state index contributed by atoms with van der Waals surface area (Å²) in [6.07, 6.45) is 0. The van der Waals surface area contributed by atoms with Crippen LogP contribution in [-0.4, -0.2) is 11.0 Å². The van der Waals surface area contributed by atoms with Gasteiger partial charge in [-0.1, -0.05) is 23.2 Å². The zero-order chi connectivity index (χ0) is 10.9.